The average molecular weight is 428 g/mol. The van der Waals surface area contributed by atoms with Crippen LogP contribution in [0.3, 0.4) is 0 Å². The van der Waals surface area contributed by atoms with E-state index in [1.165, 1.54) is 17.7 Å². The van der Waals surface area contributed by atoms with Crippen molar-refractivity contribution in [3.8, 4) is 0 Å². The van der Waals surface area contributed by atoms with Crippen molar-refractivity contribution in [3.63, 3.8) is 0 Å². The topological polar surface area (TPSA) is 44.4 Å². The zero-order valence-corrected chi connectivity index (χ0v) is 18.2. The Morgan fingerprint density at radius 2 is 1.50 bits per heavy atom. The molecule has 0 unspecified atom stereocenters. The SMILES string of the molecule is CN(C)c1ccc([C@H]2CC(=O)C3=C(C2)Nc2ccccc2N[C@@H]3c2ccc(F)cc2)cc1. The zero-order valence-electron chi connectivity index (χ0n) is 18.2. The number of allylic oxidation sites excluding steroid dienone is 1. The molecular weight excluding hydrogens is 401 g/mol. The highest BCUT2D eigenvalue weighted by molar-refractivity contribution is 6.01. The van der Waals surface area contributed by atoms with Gasteiger partial charge in [-0.15, -0.1) is 0 Å². The van der Waals surface area contributed by atoms with Gasteiger partial charge in [-0.25, -0.2) is 4.39 Å². The van der Waals surface area contributed by atoms with Crippen molar-refractivity contribution >= 4 is 22.8 Å². The first-order valence-corrected chi connectivity index (χ1v) is 10.9. The minimum absolute atomic E-state index is 0.115. The maximum atomic E-state index is 13.6. The molecule has 2 atom stereocenters. The first-order chi connectivity index (χ1) is 15.5. The standard InChI is InChI=1S/C27H26FN3O/c1-31(2)21-13-9-17(10-14-21)19-15-24-26(25(32)16-19)27(18-7-11-20(28)12-8-18)30-23-6-4-3-5-22(23)29-24/h3-14,19,27,29-30H,15-16H2,1-2H3/t19-,27-/m1/s1. The predicted octanol–water partition coefficient (Wildman–Crippen LogP) is 5.87. The van der Waals surface area contributed by atoms with Crippen LogP contribution in [-0.4, -0.2) is 19.9 Å². The van der Waals surface area contributed by atoms with E-state index in [1.54, 1.807) is 12.1 Å². The third-order valence-electron chi connectivity index (χ3n) is 6.39. The molecule has 0 aromatic heterocycles. The monoisotopic (exact) mass is 427 g/mol. The van der Waals surface area contributed by atoms with Crippen LogP contribution in [0.1, 0.15) is 35.9 Å². The minimum atomic E-state index is -0.327. The molecule has 5 rings (SSSR count). The molecule has 2 aliphatic rings. The Bertz CT molecular complexity index is 1180. The van der Waals surface area contributed by atoms with Crippen molar-refractivity contribution in [2.45, 2.75) is 24.8 Å². The fourth-order valence-electron chi connectivity index (χ4n) is 4.68. The summed E-state index contributed by atoms with van der Waals surface area (Å²) in [6, 6.07) is 22.5. The summed E-state index contributed by atoms with van der Waals surface area (Å²) in [5.41, 5.74) is 6.74. The number of benzene rings is 3. The second kappa shape index (κ2) is 8.15. The summed E-state index contributed by atoms with van der Waals surface area (Å²) >= 11 is 0. The van der Waals surface area contributed by atoms with Gasteiger partial charge in [-0.05, 0) is 59.9 Å². The van der Waals surface area contributed by atoms with Crippen LogP contribution in [0.15, 0.2) is 84.1 Å². The molecule has 1 aliphatic heterocycles. The molecule has 3 aromatic rings. The third kappa shape index (κ3) is 3.75. The third-order valence-corrected chi connectivity index (χ3v) is 6.39. The fraction of sp³-hybridized carbons (Fsp3) is 0.222. The van der Waals surface area contributed by atoms with E-state index in [0.717, 1.165) is 40.3 Å². The number of Topliss-reactive ketones (excluding diaryl/α,β-unsaturated/α-hetero) is 1. The van der Waals surface area contributed by atoms with Crippen LogP contribution in [0.5, 0.6) is 0 Å². The van der Waals surface area contributed by atoms with Crippen LogP contribution < -0.4 is 15.5 Å². The molecular formula is C27H26FN3O. The number of anilines is 3. The summed E-state index contributed by atoms with van der Waals surface area (Å²) in [5, 5.41) is 7.08. The molecule has 0 saturated heterocycles. The number of hydrogen-bond acceptors (Lipinski definition) is 4. The lowest BCUT2D eigenvalue weighted by Crippen LogP contribution is -2.26. The number of fused-ring (bicyclic) bond motifs is 1. The van der Waals surface area contributed by atoms with Gasteiger partial charge in [-0.3, -0.25) is 4.79 Å². The van der Waals surface area contributed by atoms with Gasteiger partial charge in [0.05, 0.1) is 17.4 Å². The second-order valence-corrected chi connectivity index (χ2v) is 8.71. The second-order valence-electron chi connectivity index (χ2n) is 8.71. The molecule has 2 N–H and O–H groups in total. The maximum absolute atomic E-state index is 13.6. The molecule has 32 heavy (non-hydrogen) atoms. The first-order valence-electron chi connectivity index (χ1n) is 10.9. The van der Waals surface area contributed by atoms with Crippen molar-refractivity contribution in [1.29, 1.82) is 0 Å². The number of carbonyl (C=O) groups excluding carboxylic acids is 1. The lowest BCUT2D eigenvalue weighted by Gasteiger charge is -2.30. The Kier molecular flexibility index (Phi) is 5.17. The van der Waals surface area contributed by atoms with Crippen LogP contribution in [0.4, 0.5) is 21.5 Å². The molecule has 0 amide bonds. The van der Waals surface area contributed by atoms with E-state index in [1.807, 2.05) is 38.4 Å². The Morgan fingerprint density at radius 1 is 0.844 bits per heavy atom. The van der Waals surface area contributed by atoms with Crippen LogP contribution >= 0.6 is 0 Å². The average Bonchev–Trinajstić information content (AvgIpc) is 2.96. The van der Waals surface area contributed by atoms with Crippen molar-refractivity contribution < 1.29 is 9.18 Å². The fourth-order valence-corrected chi connectivity index (χ4v) is 4.68. The highest BCUT2D eigenvalue weighted by Crippen LogP contribution is 2.44. The Hall–Kier alpha value is -3.60. The Morgan fingerprint density at radius 3 is 2.19 bits per heavy atom. The summed E-state index contributed by atoms with van der Waals surface area (Å²) in [4.78, 5) is 15.6. The Balaban J connectivity index is 1.55. The number of ketones is 1. The molecule has 0 fully saturated rings. The van der Waals surface area contributed by atoms with E-state index in [0.29, 0.717) is 6.42 Å². The summed E-state index contributed by atoms with van der Waals surface area (Å²) in [6.45, 7) is 0. The molecule has 1 aliphatic carbocycles. The number of nitrogens with one attached hydrogen (secondary N) is 2. The molecule has 0 radical (unpaired) electrons. The number of rotatable bonds is 3. The summed E-state index contributed by atoms with van der Waals surface area (Å²) in [6.07, 6.45) is 1.20. The molecule has 3 aromatic carbocycles. The van der Waals surface area contributed by atoms with Gasteiger partial charge in [-0.2, -0.15) is 0 Å². The normalized spacial score (nSPS) is 19.9. The number of hydrogen-bond donors (Lipinski definition) is 2. The Labute approximate surface area is 187 Å². The number of para-hydroxylation sites is 2. The molecule has 0 bridgehead atoms. The van der Waals surface area contributed by atoms with Crippen LogP contribution in [0.2, 0.25) is 0 Å². The maximum Gasteiger partial charge on any atom is 0.163 e. The highest BCUT2D eigenvalue weighted by atomic mass is 19.1. The van der Waals surface area contributed by atoms with Crippen LogP contribution in [0, 0.1) is 5.82 Å². The minimum Gasteiger partial charge on any atom is -0.378 e. The van der Waals surface area contributed by atoms with E-state index in [2.05, 4.69) is 39.8 Å². The van der Waals surface area contributed by atoms with Crippen LogP contribution in [-0.2, 0) is 4.79 Å². The molecule has 4 nitrogen and oxygen atoms in total. The van der Waals surface area contributed by atoms with Gasteiger partial charge in [0.2, 0.25) is 0 Å². The number of nitrogens with zero attached hydrogens (tertiary/aromatic N) is 1. The largest absolute Gasteiger partial charge is 0.378 e. The van der Waals surface area contributed by atoms with E-state index in [-0.39, 0.29) is 23.6 Å². The van der Waals surface area contributed by atoms with Gasteiger partial charge in [0, 0.05) is 37.5 Å². The first kappa shape index (κ1) is 20.3. The summed E-state index contributed by atoms with van der Waals surface area (Å²) in [7, 11) is 4.04. The van der Waals surface area contributed by atoms with Crippen LogP contribution in [0.25, 0.3) is 0 Å². The van der Waals surface area contributed by atoms with Crippen molar-refractivity contribution in [2.75, 3.05) is 29.6 Å². The molecule has 0 saturated carbocycles. The van der Waals surface area contributed by atoms with Gasteiger partial charge in [0.25, 0.3) is 0 Å². The van der Waals surface area contributed by atoms with Crippen molar-refractivity contribution in [2.24, 2.45) is 0 Å². The number of carbonyl (C=O) groups is 1. The van der Waals surface area contributed by atoms with Gasteiger partial charge < -0.3 is 15.5 Å². The molecule has 0 spiro atoms. The lowest BCUT2D eigenvalue weighted by atomic mass is 9.78. The van der Waals surface area contributed by atoms with Crippen molar-refractivity contribution in [1.82, 2.24) is 0 Å². The lowest BCUT2D eigenvalue weighted by molar-refractivity contribution is -0.116. The van der Waals surface area contributed by atoms with Gasteiger partial charge in [0.1, 0.15) is 5.82 Å². The van der Waals surface area contributed by atoms with E-state index in [9.17, 15) is 9.18 Å². The molecule has 1 heterocycles. The number of halogens is 1. The van der Waals surface area contributed by atoms with E-state index < -0.39 is 0 Å². The van der Waals surface area contributed by atoms with E-state index in [4.69, 9.17) is 0 Å². The smallest absolute Gasteiger partial charge is 0.163 e. The molecule has 162 valence electrons. The predicted molar refractivity (Wildman–Crippen MR) is 128 cm³/mol. The van der Waals surface area contributed by atoms with Gasteiger partial charge in [0.15, 0.2) is 5.78 Å². The quantitative estimate of drug-likeness (QED) is 0.549. The summed E-state index contributed by atoms with van der Waals surface area (Å²) in [5.74, 6) is -0.0505. The van der Waals surface area contributed by atoms with Gasteiger partial charge in [-0.1, -0.05) is 36.4 Å². The molecule has 5 heteroatoms. The van der Waals surface area contributed by atoms with E-state index >= 15 is 0 Å². The van der Waals surface area contributed by atoms with Gasteiger partial charge >= 0.3 is 0 Å². The summed E-state index contributed by atoms with van der Waals surface area (Å²) < 4.78 is 13.6. The van der Waals surface area contributed by atoms with Crippen molar-refractivity contribution in [3.05, 3.63) is 101 Å². The highest BCUT2D eigenvalue weighted by Gasteiger charge is 2.36. The zero-order chi connectivity index (χ0) is 22.2.